The van der Waals surface area contributed by atoms with Crippen molar-refractivity contribution >= 4 is 22.5 Å². The summed E-state index contributed by atoms with van der Waals surface area (Å²) in [5.74, 6) is 0.724. The van der Waals surface area contributed by atoms with Crippen molar-refractivity contribution in [2.24, 2.45) is 0 Å². The lowest BCUT2D eigenvalue weighted by Gasteiger charge is -2.07. The molecule has 1 heterocycles. The van der Waals surface area contributed by atoms with E-state index in [2.05, 4.69) is 10.4 Å². The predicted molar refractivity (Wildman–Crippen MR) is 85.9 cm³/mol. The molecule has 114 valence electrons. The number of hydrogen-bond acceptors (Lipinski definition) is 4. The number of benzene rings is 2. The number of nitrogens with zero attached hydrogens (tertiary/aromatic N) is 3. The maximum absolute atomic E-state index is 11.9. The third kappa shape index (κ3) is 3.66. The predicted octanol–water partition coefficient (Wildman–Crippen LogP) is 2.58. The van der Waals surface area contributed by atoms with Gasteiger partial charge in [0.15, 0.2) is 12.4 Å². The van der Waals surface area contributed by atoms with Crippen LogP contribution in [0.5, 0.6) is 5.75 Å². The summed E-state index contributed by atoms with van der Waals surface area (Å²) in [6, 6.07) is 17.2. The molecule has 0 bridgehead atoms. The Bertz CT molecular complexity index is 879. The molecule has 1 aromatic heterocycles. The molecule has 6 heteroatoms. The quantitative estimate of drug-likeness (QED) is 0.785. The van der Waals surface area contributed by atoms with Crippen molar-refractivity contribution in [2.75, 3.05) is 11.9 Å². The lowest BCUT2D eigenvalue weighted by molar-refractivity contribution is -0.118. The first-order chi connectivity index (χ1) is 11.2. The molecule has 0 aliphatic rings. The van der Waals surface area contributed by atoms with Gasteiger partial charge in [-0.05, 0) is 22.9 Å². The second-order valence-corrected chi connectivity index (χ2v) is 4.90. The van der Waals surface area contributed by atoms with Crippen molar-refractivity contribution < 1.29 is 9.53 Å². The number of rotatable bonds is 5. The highest BCUT2D eigenvalue weighted by Crippen LogP contribution is 2.20. The van der Waals surface area contributed by atoms with E-state index in [9.17, 15) is 4.79 Å². The molecular formula is C17H14N4O2. The summed E-state index contributed by atoms with van der Waals surface area (Å²) in [4.78, 5) is 11.9. The normalized spacial score (nSPS) is 10.2. The van der Waals surface area contributed by atoms with E-state index in [0.717, 1.165) is 10.8 Å². The van der Waals surface area contributed by atoms with Gasteiger partial charge in [0.2, 0.25) is 0 Å². The van der Waals surface area contributed by atoms with Crippen LogP contribution in [0.3, 0.4) is 0 Å². The van der Waals surface area contributed by atoms with Crippen molar-refractivity contribution in [1.29, 1.82) is 5.26 Å². The van der Waals surface area contributed by atoms with Gasteiger partial charge in [-0.1, -0.05) is 30.3 Å². The molecule has 1 amide bonds. The minimum Gasteiger partial charge on any atom is -0.484 e. The minimum absolute atomic E-state index is 0.108. The molecule has 2 aromatic carbocycles. The van der Waals surface area contributed by atoms with E-state index in [-0.39, 0.29) is 19.1 Å². The molecule has 1 N–H and O–H groups in total. The molecule has 0 radical (unpaired) electrons. The molecule has 23 heavy (non-hydrogen) atoms. The van der Waals surface area contributed by atoms with Crippen molar-refractivity contribution in [3.63, 3.8) is 0 Å². The van der Waals surface area contributed by atoms with E-state index in [1.165, 1.54) is 4.68 Å². The van der Waals surface area contributed by atoms with Crippen LogP contribution in [0.1, 0.15) is 0 Å². The number of aromatic nitrogens is 2. The van der Waals surface area contributed by atoms with Crippen molar-refractivity contribution in [3.05, 3.63) is 54.7 Å². The highest BCUT2D eigenvalue weighted by atomic mass is 16.5. The van der Waals surface area contributed by atoms with Gasteiger partial charge in [-0.3, -0.25) is 9.48 Å². The van der Waals surface area contributed by atoms with Crippen LogP contribution in [0.25, 0.3) is 10.8 Å². The third-order valence-corrected chi connectivity index (χ3v) is 3.23. The first kappa shape index (κ1) is 14.6. The Morgan fingerprint density at radius 3 is 2.87 bits per heavy atom. The molecule has 0 aliphatic heterocycles. The lowest BCUT2D eigenvalue weighted by Crippen LogP contribution is -2.20. The first-order valence-electron chi connectivity index (χ1n) is 7.06. The Morgan fingerprint density at radius 2 is 2.04 bits per heavy atom. The number of nitriles is 1. The van der Waals surface area contributed by atoms with Crippen molar-refractivity contribution in [3.8, 4) is 11.8 Å². The Morgan fingerprint density at radius 1 is 1.22 bits per heavy atom. The minimum atomic E-state index is -0.305. The van der Waals surface area contributed by atoms with Crippen LogP contribution in [-0.4, -0.2) is 22.3 Å². The Balaban J connectivity index is 1.58. The van der Waals surface area contributed by atoms with E-state index in [1.807, 2.05) is 48.5 Å². The summed E-state index contributed by atoms with van der Waals surface area (Å²) in [5.41, 5.74) is 0. The summed E-state index contributed by atoms with van der Waals surface area (Å²) in [6.07, 6.45) is 1.63. The van der Waals surface area contributed by atoms with Gasteiger partial charge in [0, 0.05) is 12.3 Å². The fourth-order valence-corrected chi connectivity index (χ4v) is 2.17. The average Bonchev–Trinajstić information content (AvgIpc) is 3.00. The van der Waals surface area contributed by atoms with Crippen LogP contribution in [0, 0.1) is 11.3 Å². The van der Waals surface area contributed by atoms with Gasteiger partial charge in [0.1, 0.15) is 12.3 Å². The molecule has 0 atom stereocenters. The zero-order valence-corrected chi connectivity index (χ0v) is 12.3. The lowest BCUT2D eigenvalue weighted by atomic mass is 10.1. The highest BCUT2D eigenvalue weighted by Gasteiger charge is 2.06. The van der Waals surface area contributed by atoms with Gasteiger partial charge in [0.05, 0.1) is 6.07 Å². The van der Waals surface area contributed by atoms with E-state index in [1.54, 1.807) is 12.3 Å². The van der Waals surface area contributed by atoms with Crippen LogP contribution >= 0.6 is 0 Å². The zero-order valence-electron chi connectivity index (χ0n) is 12.3. The Labute approximate surface area is 132 Å². The molecule has 0 fully saturated rings. The molecule has 6 nitrogen and oxygen atoms in total. The first-order valence-corrected chi connectivity index (χ1v) is 7.06. The van der Waals surface area contributed by atoms with E-state index in [0.29, 0.717) is 11.6 Å². The molecule has 0 saturated heterocycles. The molecule has 3 rings (SSSR count). The largest absolute Gasteiger partial charge is 0.484 e. The molecule has 3 aromatic rings. The van der Waals surface area contributed by atoms with E-state index in [4.69, 9.17) is 10.00 Å². The van der Waals surface area contributed by atoms with Crippen molar-refractivity contribution in [1.82, 2.24) is 9.78 Å². The fraction of sp³-hybridized carbons (Fsp3) is 0.118. The monoisotopic (exact) mass is 306 g/mol. The van der Waals surface area contributed by atoms with Crippen LogP contribution in [0.4, 0.5) is 5.82 Å². The topological polar surface area (TPSA) is 79.9 Å². The van der Waals surface area contributed by atoms with Gasteiger partial charge in [0.25, 0.3) is 5.91 Å². The summed E-state index contributed by atoms with van der Waals surface area (Å²) >= 11 is 0. The second-order valence-electron chi connectivity index (χ2n) is 4.90. The average molecular weight is 306 g/mol. The van der Waals surface area contributed by atoms with Gasteiger partial charge in [-0.15, -0.1) is 0 Å². The number of fused-ring (bicyclic) bond motifs is 1. The molecule has 0 spiro atoms. The summed E-state index contributed by atoms with van der Waals surface area (Å²) in [7, 11) is 0. The van der Waals surface area contributed by atoms with Gasteiger partial charge in [-0.25, -0.2) is 0 Å². The van der Waals surface area contributed by atoms with E-state index < -0.39 is 0 Å². The van der Waals surface area contributed by atoms with Crippen molar-refractivity contribution in [2.45, 2.75) is 6.54 Å². The molecule has 0 aliphatic carbocycles. The van der Waals surface area contributed by atoms with Gasteiger partial charge >= 0.3 is 0 Å². The maximum atomic E-state index is 11.9. The molecule has 0 unspecified atom stereocenters. The number of carbonyl (C=O) groups excluding carboxylic acids is 1. The number of ether oxygens (including phenoxy) is 1. The Hall–Kier alpha value is -3.33. The summed E-state index contributed by atoms with van der Waals surface area (Å²) in [6.45, 7) is 0.0346. The number of nitrogens with one attached hydrogen (secondary N) is 1. The van der Waals surface area contributed by atoms with Crippen LogP contribution < -0.4 is 10.1 Å². The number of amides is 1. The fourth-order valence-electron chi connectivity index (χ4n) is 2.17. The number of hydrogen-bond donors (Lipinski definition) is 1. The van der Waals surface area contributed by atoms with Crippen LogP contribution in [0.15, 0.2) is 54.7 Å². The van der Waals surface area contributed by atoms with Gasteiger partial charge in [-0.2, -0.15) is 10.4 Å². The maximum Gasteiger partial charge on any atom is 0.263 e. The van der Waals surface area contributed by atoms with Crippen LogP contribution in [-0.2, 0) is 11.3 Å². The molecular weight excluding hydrogens is 292 g/mol. The number of anilines is 1. The summed E-state index contributed by atoms with van der Waals surface area (Å²) < 4.78 is 6.95. The number of carbonyl (C=O) groups is 1. The Kier molecular flexibility index (Phi) is 4.20. The van der Waals surface area contributed by atoms with Crippen LogP contribution in [0.2, 0.25) is 0 Å². The van der Waals surface area contributed by atoms with Gasteiger partial charge < -0.3 is 10.1 Å². The second kappa shape index (κ2) is 6.62. The smallest absolute Gasteiger partial charge is 0.263 e. The zero-order chi connectivity index (χ0) is 16.1. The SMILES string of the molecule is N#CCn1ccc(NC(=O)COc2ccc3ccccc3c2)n1. The summed E-state index contributed by atoms with van der Waals surface area (Å²) in [5, 5.41) is 17.4. The third-order valence-electron chi connectivity index (χ3n) is 3.23. The van der Waals surface area contributed by atoms with E-state index >= 15 is 0 Å². The highest BCUT2D eigenvalue weighted by molar-refractivity contribution is 5.91. The standard InChI is InChI=1S/C17H14N4O2/c18-8-10-21-9-7-16(20-21)19-17(22)12-23-15-6-5-13-3-1-2-4-14(13)11-15/h1-7,9,11H,10,12H2,(H,19,20,22). The molecule has 0 saturated carbocycles.